The molecule has 0 saturated carbocycles. The smallest absolute Gasteiger partial charge is 0.254 e. The minimum Gasteiger partial charge on any atom is -0.396 e. The maximum absolute atomic E-state index is 13.3. The first-order valence-electron chi connectivity index (χ1n) is 9.62. The van der Waals surface area contributed by atoms with Crippen LogP contribution in [0.25, 0.3) is 0 Å². The molecule has 3 atom stereocenters. The number of rotatable bonds is 5. The van der Waals surface area contributed by atoms with Gasteiger partial charge in [0.05, 0.1) is 11.5 Å². The minimum absolute atomic E-state index is 0.0305. The number of hydrogen-bond acceptors (Lipinski definition) is 4. The molecule has 0 unspecified atom stereocenters. The fourth-order valence-electron chi connectivity index (χ4n) is 5.02. The summed E-state index contributed by atoms with van der Waals surface area (Å²) in [5.74, 6) is -0.138. The van der Waals surface area contributed by atoms with Gasteiger partial charge >= 0.3 is 0 Å². The van der Waals surface area contributed by atoms with Crippen LogP contribution in [0.3, 0.4) is 0 Å². The summed E-state index contributed by atoms with van der Waals surface area (Å²) in [7, 11) is -3.37. The molecule has 2 saturated heterocycles. The molecular formula is C22H25NO4S. The molecule has 0 spiro atoms. The summed E-state index contributed by atoms with van der Waals surface area (Å²) in [5.41, 5.74) is 1.22. The van der Waals surface area contributed by atoms with Crippen molar-refractivity contribution in [2.75, 3.05) is 12.9 Å². The highest BCUT2D eigenvalue weighted by Crippen LogP contribution is 2.51. The number of aliphatic hydroxyl groups excluding tert-OH is 1. The number of carbonyl (C=O) groups is 1. The molecule has 6 heteroatoms. The molecule has 2 aromatic rings. The molecule has 1 N–H and O–H groups in total. The molecule has 0 aromatic heterocycles. The lowest BCUT2D eigenvalue weighted by molar-refractivity contribution is 0.0571. The van der Waals surface area contributed by atoms with Crippen molar-refractivity contribution in [2.24, 2.45) is 5.41 Å². The van der Waals surface area contributed by atoms with Crippen molar-refractivity contribution in [3.63, 3.8) is 0 Å². The fraction of sp³-hybridized carbons (Fsp3) is 0.409. The van der Waals surface area contributed by atoms with Crippen molar-refractivity contribution in [3.05, 3.63) is 65.7 Å². The Morgan fingerprint density at radius 2 is 1.89 bits per heavy atom. The maximum atomic E-state index is 13.3. The molecule has 2 bridgehead atoms. The summed E-state index contributed by atoms with van der Waals surface area (Å²) < 4.78 is 23.7. The summed E-state index contributed by atoms with van der Waals surface area (Å²) >= 11 is 0. The van der Waals surface area contributed by atoms with Gasteiger partial charge in [-0.15, -0.1) is 0 Å². The first-order chi connectivity index (χ1) is 13.3. The van der Waals surface area contributed by atoms with E-state index in [0.29, 0.717) is 5.56 Å². The number of nitrogens with zero attached hydrogens (tertiary/aromatic N) is 1. The van der Waals surface area contributed by atoms with Crippen LogP contribution in [0.5, 0.6) is 0 Å². The minimum atomic E-state index is -3.37. The van der Waals surface area contributed by atoms with E-state index in [-0.39, 0.29) is 34.9 Å². The summed E-state index contributed by atoms with van der Waals surface area (Å²) in [6.45, 7) is 0.0379. The van der Waals surface area contributed by atoms with E-state index in [1.165, 1.54) is 12.1 Å². The Labute approximate surface area is 165 Å². The quantitative estimate of drug-likeness (QED) is 0.839. The summed E-state index contributed by atoms with van der Waals surface area (Å²) in [4.78, 5) is 15.4. The lowest BCUT2D eigenvalue weighted by Gasteiger charge is -2.36. The van der Waals surface area contributed by atoms with Gasteiger partial charge in [0, 0.05) is 29.3 Å². The van der Waals surface area contributed by atoms with Gasteiger partial charge in [-0.2, -0.15) is 0 Å². The third kappa shape index (κ3) is 3.25. The standard InChI is InChI=1S/C22H25NO4S/c1-28(26,27)19-9-5-8-17(12-19)21(25)23-18-10-11-20(23)22(14-18,15-24)13-16-6-3-2-4-7-16/h2-9,12,18,20,24H,10-11,13-15H2,1H3/t18-,20+,22-/m1/s1. The van der Waals surface area contributed by atoms with Gasteiger partial charge in [-0.1, -0.05) is 36.4 Å². The SMILES string of the molecule is CS(=O)(=O)c1cccc(C(=O)N2[C@@H]3CC[C@H]2[C@](CO)(Cc2ccccc2)C3)c1. The molecule has 1 amide bonds. The van der Waals surface area contributed by atoms with Gasteiger partial charge in [0.2, 0.25) is 0 Å². The second-order valence-corrected chi connectivity index (χ2v) is 10.2. The van der Waals surface area contributed by atoms with Crippen LogP contribution < -0.4 is 0 Å². The number of sulfone groups is 1. The highest BCUT2D eigenvalue weighted by atomic mass is 32.2. The normalized spacial score (nSPS) is 26.6. The van der Waals surface area contributed by atoms with Gasteiger partial charge in [-0.05, 0) is 49.4 Å². The monoisotopic (exact) mass is 399 g/mol. The average molecular weight is 400 g/mol. The lowest BCUT2D eigenvalue weighted by atomic mass is 9.70. The first-order valence-corrected chi connectivity index (χ1v) is 11.5. The number of fused-ring (bicyclic) bond motifs is 2. The van der Waals surface area contributed by atoms with E-state index in [1.54, 1.807) is 12.1 Å². The Morgan fingerprint density at radius 3 is 2.57 bits per heavy atom. The first kappa shape index (κ1) is 19.2. The van der Waals surface area contributed by atoms with Crippen LogP contribution in [-0.4, -0.2) is 49.3 Å². The van der Waals surface area contributed by atoms with Crippen LogP contribution in [0, 0.1) is 5.41 Å². The lowest BCUT2D eigenvalue weighted by Crippen LogP contribution is -2.44. The van der Waals surface area contributed by atoms with Gasteiger partial charge in [0.25, 0.3) is 5.91 Å². The third-order valence-electron chi connectivity index (χ3n) is 6.31. The van der Waals surface area contributed by atoms with Crippen molar-refractivity contribution in [1.29, 1.82) is 0 Å². The van der Waals surface area contributed by atoms with E-state index in [9.17, 15) is 18.3 Å². The second kappa shape index (κ2) is 7.01. The molecule has 0 aliphatic carbocycles. The Balaban J connectivity index is 1.64. The van der Waals surface area contributed by atoms with E-state index < -0.39 is 9.84 Å². The third-order valence-corrected chi connectivity index (χ3v) is 7.42. The number of benzene rings is 2. The summed E-state index contributed by atoms with van der Waals surface area (Å²) in [5, 5.41) is 10.3. The Kier molecular flexibility index (Phi) is 4.79. The van der Waals surface area contributed by atoms with E-state index in [0.717, 1.165) is 37.5 Å². The van der Waals surface area contributed by atoms with Crippen LogP contribution in [0.1, 0.15) is 35.2 Å². The highest BCUT2D eigenvalue weighted by molar-refractivity contribution is 7.90. The molecule has 28 heavy (non-hydrogen) atoms. The van der Waals surface area contributed by atoms with Gasteiger partial charge in [-0.3, -0.25) is 4.79 Å². The predicted octanol–water partition coefficient (Wildman–Crippen LogP) is 2.69. The molecular weight excluding hydrogens is 374 g/mol. The molecule has 0 radical (unpaired) electrons. The van der Waals surface area contributed by atoms with Gasteiger partial charge in [-0.25, -0.2) is 8.42 Å². The summed E-state index contributed by atoms with van der Waals surface area (Å²) in [6, 6.07) is 16.4. The van der Waals surface area contributed by atoms with E-state index >= 15 is 0 Å². The van der Waals surface area contributed by atoms with Crippen molar-refractivity contribution < 1.29 is 18.3 Å². The van der Waals surface area contributed by atoms with Crippen LogP contribution in [0.15, 0.2) is 59.5 Å². The van der Waals surface area contributed by atoms with E-state index in [1.807, 2.05) is 23.1 Å². The number of amides is 1. The summed E-state index contributed by atoms with van der Waals surface area (Å²) in [6.07, 6.45) is 4.46. The number of carbonyl (C=O) groups excluding carboxylic acids is 1. The van der Waals surface area contributed by atoms with Gasteiger partial charge < -0.3 is 10.0 Å². The van der Waals surface area contributed by atoms with Crippen LogP contribution in [-0.2, 0) is 16.3 Å². The zero-order valence-electron chi connectivity index (χ0n) is 15.9. The number of hydrogen-bond donors (Lipinski definition) is 1. The van der Waals surface area contributed by atoms with E-state index in [4.69, 9.17) is 0 Å². The molecule has 148 valence electrons. The highest BCUT2D eigenvalue weighted by Gasteiger charge is 2.57. The Hall–Kier alpha value is -2.18. The van der Waals surface area contributed by atoms with Crippen LogP contribution in [0.2, 0.25) is 0 Å². The largest absolute Gasteiger partial charge is 0.396 e. The molecule has 2 aromatic carbocycles. The number of aliphatic hydroxyl groups is 1. The fourth-order valence-corrected chi connectivity index (χ4v) is 5.69. The zero-order valence-corrected chi connectivity index (χ0v) is 16.7. The van der Waals surface area contributed by atoms with Crippen molar-refractivity contribution >= 4 is 15.7 Å². The molecule has 4 rings (SSSR count). The van der Waals surface area contributed by atoms with Crippen LogP contribution in [0.4, 0.5) is 0 Å². The topological polar surface area (TPSA) is 74.7 Å². The van der Waals surface area contributed by atoms with E-state index in [2.05, 4.69) is 12.1 Å². The Morgan fingerprint density at radius 1 is 1.14 bits per heavy atom. The molecule has 2 fully saturated rings. The second-order valence-electron chi connectivity index (χ2n) is 8.15. The van der Waals surface area contributed by atoms with Gasteiger partial charge in [0.15, 0.2) is 9.84 Å². The van der Waals surface area contributed by atoms with Gasteiger partial charge in [0.1, 0.15) is 0 Å². The average Bonchev–Trinajstić information content (AvgIpc) is 3.24. The van der Waals surface area contributed by atoms with Crippen LogP contribution >= 0.6 is 0 Å². The predicted molar refractivity (Wildman–Crippen MR) is 107 cm³/mol. The zero-order chi connectivity index (χ0) is 19.9. The van der Waals surface area contributed by atoms with Crippen molar-refractivity contribution in [3.8, 4) is 0 Å². The van der Waals surface area contributed by atoms with Crippen molar-refractivity contribution in [1.82, 2.24) is 4.90 Å². The molecule has 2 aliphatic heterocycles. The van der Waals surface area contributed by atoms with Crippen molar-refractivity contribution in [2.45, 2.75) is 42.7 Å². The molecule has 2 aliphatic rings. The molecule has 5 nitrogen and oxygen atoms in total. The maximum Gasteiger partial charge on any atom is 0.254 e. The Bertz CT molecular complexity index is 989. The molecule has 2 heterocycles.